The van der Waals surface area contributed by atoms with Gasteiger partial charge in [-0.05, 0) is 53.4 Å². The van der Waals surface area contributed by atoms with E-state index in [1.54, 1.807) is 0 Å². The lowest BCUT2D eigenvalue weighted by Crippen LogP contribution is -2.45. The van der Waals surface area contributed by atoms with Crippen LogP contribution in [0.15, 0.2) is 78.2 Å². The zero-order valence-electron chi connectivity index (χ0n) is 15.6. The van der Waals surface area contributed by atoms with Gasteiger partial charge in [-0.25, -0.2) is 4.99 Å². The maximum Gasteiger partial charge on any atom is 0.202 e. The summed E-state index contributed by atoms with van der Waals surface area (Å²) in [5.74, 6) is 0.643. The number of aryl methyl sites for hydroxylation is 1. The van der Waals surface area contributed by atoms with Crippen LogP contribution in [0.2, 0.25) is 0 Å². The third kappa shape index (κ3) is 2.93. The van der Waals surface area contributed by atoms with Crippen molar-refractivity contribution in [1.29, 1.82) is 0 Å². The second-order valence-electron chi connectivity index (χ2n) is 7.30. The number of nitrogens with two attached hydrogens (primary N) is 1. The fourth-order valence-corrected chi connectivity index (χ4v) is 3.78. The Balaban J connectivity index is 1.42. The van der Waals surface area contributed by atoms with E-state index in [-0.39, 0.29) is 0 Å². The van der Waals surface area contributed by atoms with Crippen molar-refractivity contribution in [1.82, 2.24) is 14.9 Å². The van der Waals surface area contributed by atoms with Crippen molar-refractivity contribution in [2.45, 2.75) is 12.1 Å². The Bertz CT molecular complexity index is 1230. The number of rotatable bonds is 3. The summed E-state index contributed by atoms with van der Waals surface area (Å²) in [6, 6.07) is 16.7. The first-order valence-corrected chi connectivity index (χ1v) is 9.30. The van der Waals surface area contributed by atoms with E-state index in [4.69, 9.17) is 10.7 Å². The number of fused-ring (bicyclic) bond motifs is 2. The van der Waals surface area contributed by atoms with Crippen LogP contribution in [-0.2, 0) is 13.5 Å². The summed E-state index contributed by atoms with van der Waals surface area (Å²) in [7, 11) is 2.04. The van der Waals surface area contributed by atoms with E-state index >= 15 is 0 Å². The molecule has 1 aliphatic rings. The second-order valence-corrected chi connectivity index (χ2v) is 7.30. The van der Waals surface area contributed by atoms with Gasteiger partial charge >= 0.3 is 0 Å². The van der Waals surface area contributed by atoms with Gasteiger partial charge < -0.3 is 25.9 Å². The van der Waals surface area contributed by atoms with Crippen molar-refractivity contribution in [2.75, 3.05) is 5.32 Å². The summed E-state index contributed by atoms with van der Waals surface area (Å²) >= 11 is 0. The molecule has 3 heterocycles. The van der Waals surface area contributed by atoms with Gasteiger partial charge in [0.25, 0.3) is 0 Å². The van der Waals surface area contributed by atoms with Gasteiger partial charge in [0.1, 0.15) is 5.66 Å². The Kier molecular flexibility index (Phi) is 3.74. The SMILES string of the molecule is Cn1ccc2c(NC3=NC(N)(Cc4ccc5[nH]ccc5c4)C=CN3)cccc21. The van der Waals surface area contributed by atoms with E-state index in [0.29, 0.717) is 12.4 Å². The Morgan fingerprint density at radius 3 is 3.04 bits per heavy atom. The normalized spacial score (nSPS) is 19.0. The summed E-state index contributed by atoms with van der Waals surface area (Å²) in [6.07, 6.45) is 8.38. The Hall–Kier alpha value is -3.51. The van der Waals surface area contributed by atoms with Gasteiger partial charge in [-0.3, -0.25) is 0 Å². The molecule has 6 heteroatoms. The maximum absolute atomic E-state index is 6.61. The molecule has 0 saturated heterocycles. The molecule has 1 aliphatic heterocycles. The van der Waals surface area contributed by atoms with Crippen LogP contribution in [0.3, 0.4) is 0 Å². The lowest BCUT2D eigenvalue weighted by molar-refractivity contribution is 0.543. The number of guanidine groups is 1. The van der Waals surface area contributed by atoms with Gasteiger partial charge in [0.15, 0.2) is 0 Å². The van der Waals surface area contributed by atoms with Crippen molar-refractivity contribution >= 4 is 33.5 Å². The second kappa shape index (κ2) is 6.28. The summed E-state index contributed by atoms with van der Waals surface area (Å²) in [5.41, 5.74) is 10.2. The number of benzene rings is 2. The molecule has 0 saturated carbocycles. The van der Waals surface area contributed by atoms with Crippen LogP contribution in [0, 0.1) is 0 Å². The fraction of sp³-hybridized carbons (Fsp3) is 0.136. The summed E-state index contributed by atoms with van der Waals surface area (Å²) in [6.45, 7) is 0. The number of hydrogen-bond donors (Lipinski definition) is 4. The van der Waals surface area contributed by atoms with Crippen molar-refractivity contribution in [3.63, 3.8) is 0 Å². The first-order chi connectivity index (χ1) is 13.6. The Morgan fingerprint density at radius 1 is 1.18 bits per heavy atom. The summed E-state index contributed by atoms with van der Waals surface area (Å²) in [5, 5.41) is 8.89. The molecule has 140 valence electrons. The number of nitrogens with one attached hydrogen (secondary N) is 3. The number of nitrogens with zero attached hydrogens (tertiary/aromatic N) is 2. The number of hydrogen-bond acceptors (Lipinski definition) is 4. The van der Waals surface area contributed by atoms with Crippen LogP contribution in [0.4, 0.5) is 5.69 Å². The molecule has 0 amide bonds. The van der Waals surface area contributed by atoms with Crippen LogP contribution in [0.25, 0.3) is 21.8 Å². The zero-order chi connectivity index (χ0) is 19.1. The van der Waals surface area contributed by atoms with Crippen LogP contribution in [-0.4, -0.2) is 21.2 Å². The van der Waals surface area contributed by atoms with Gasteiger partial charge in [0.05, 0.1) is 5.69 Å². The molecule has 6 nitrogen and oxygen atoms in total. The maximum atomic E-state index is 6.61. The van der Waals surface area contributed by atoms with E-state index in [9.17, 15) is 0 Å². The van der Waals surface area contributed by atoms with Crippen LogP contribution in [0.5, 0.6) is 0 Å². The van der Waals surface area contributed by atoms with Gasteiger partial charge in [-0.15, -0.1) is 0 Å². The highest BCUT2D eigenvalue weighted by atomic mass is 15.2. The highest BCUT2D eigenvalue weighted by Gasteiger charge is 2.25. The molecular formula is C22H22N6. The molecule has 0 radical (unpaired) electrons. The van der Waals surface area contributed by atoms with Gasteiger partial charge in [0.2, 0.25) is 5.96 Å². The van der Waals surface area contributed by atoms with Gasteiger partial charge in [0, 0.05) is 48.5 Å². The van der Waals surface area contributed by atoms with E-state index < -0.39 is 5.66 Å². The standard InChI is InChI=1S/C22H22N6/c1-28-12-8-17-19(3-2-4-20(17)28)26-21-25-11-9-22(23,27-21)14-15-5-6-18-16(13-15)7-10-24-18/h2-13,24H,14,23H2,1H3,(H2,25,26,27). The molecule has 0 aliphatic carbocycles. The quantitative estimate of drug-likeness (QED) is 0.446. The minimum absolute atomic E-state index is 0.618. The zero-order valence-corrected chi connectivity index (χ0v) is 15.6. The highest BCUT2D eigenvalue weighted by molar-refractivity contribution is 6.03. The van der Waals surface area contributed by atoms with Crippen molar-refractivity contribution in [3.8, 4) is 0 Å². The number of aliphatic imine (C=N–C) groups is 1. The first kappa shape index (κ1) is 16.6. The molecule has 0 bridgehead atoms. The third-order valence-corrected chi connectivity index (χ3v) is 5.20. The smallest absolute Gasteiger partial charge is 0.202 e. The average Bonchev–Trinajstić information content (AvgIpc) is 3.29. The number of anilines is 1. The topological polar surface area (TPSA) is 83.2 Å². The molecule has 0 fully saturated rings. The van der Waals surface area contributed by atoms with Gasteiger partial charge in [-0.2, -0.15) is 0 Å². The van der Waals surface area contributed by atoms with Crippen LogP contribution < -0.4 is 16.4 Å². The Labute approximate surface area is 162 Å². The lowest BCUT2D eigenvalue weighted by atomic mass is 9.99. The van der Waals surface area contributed by atoms with Crippen molar-refractivity contribution < 1.29 is 0 Å². The minimum Gasteiger partial charge on any atom is -0.361 e. The third-order valence-electron chi connectivity index (χ3n) is 5.20. The summed E-state index contributed by atoms with van der Waals surface area (Å²) in [4.78, 5) is 7.97. The van der Waals surface area contributed by atoms with E-state index in [0.717, 1.165) is 27.7 Å². The van der Waals surface area contributed by atoms with Crippen molar-refractivity contribution in [3.05, 3.63) is 78.8 Å². The number of H-pyrrole nitrogens is 1. The molecule has 1 unspecified atom stereocenters. The van der Waals surface area contributed by atoms with E-state index in [1.165, 1.54) is 5.39 Å². The lowest BCUT2D eigenvalue weighted by Gasteiger charge is -2.27. The molecule has 2 aromatic carbocycles. The van der Waals surface area contributed by atoms with Crippen LogP contribution >= 0.6 is 0 Å². The molecular weight excluding hydrogens is 348 g/mol. The monoisotopic (exact) mass is 370 g/mol. The van der Waals surface area contributed by atoms with E-state index in [2.05, 4.69) is 62.8 Å². The predicted molar refractivity (Wildman–Crippen MR) is 115 cm³/mol. The molecule has 28 heavy (non-hydrogen) atoms. The molecule has 5 rings (SSSR count). The fourth-order valence-electron chi connectivity index (χ4n) is 3.78. The average molecular weight is 370 g/mol. The highest BCUT2D eigenvalue weighted by Crippen LogP contribution is 2.25. The largest absolute Gasteiger partial charge is 0.361 e. The number of aromatic amines is 1. The van der Waals surface area contributed by atoms with Gasteiger partial charge in [-0.1, -0.05) is 12.1 Å². The Morgan fingerprint density at radius 2 is 2.11 bits per heavy atom. The van der Waals surface area contributed by atoms with E-state index in [1.807, 2.05) is 37.7 Å². The molecule has 1 atom stereocenters. The van der Waals surface area contributed by atoms with Crippen molar-refractivity contribution in [2.24, 2.45) is 17.8 Å². The summed E-state index contributed by atoms with van der Waals surface area (Å²) < 4.78 is 2.10. The minimum atomic E-state index is -0.803. The molecule has 5 N–H and O–H groups in total. The first-order valence-electron chi connectivity index (χ1n) is 9.30. The molecule has 2 aromatic heterocycles. The van der Waals surface area contributed by atoms with Crippen LogP contribution in [0.1, 0.15) is 5.56 Å². The number of aromatic nitrogens is 2. The molecule has 4 aromatic rings. The predicted octanol–water partition coefficient (Wildman–Crippen LogP) is 3.44. The molecule has 0 spiro atoms.